The summed E-state index contributed by atoms with van der Waals surface area (Å²) in [4.78, 5) is 11.7. The fourth-order valence-corrected chi connectivity index (χ4v) is 1.35. The van der Waals surface area contributed by atoms with Crippen molar-refractivity contribution in [1.82, 2.24) is 0 Å². The van der Waals surface area contributed by atoms with E-state index in [0.717, 1.165) is 18.4 Å². The summed E-state index contributed by atoms with van der Waals surface area (Å²) < 4.78 is 5.00. The van der Waals surface area contributed by atoms with Gasteiger partial charge in [-0.2, -0.15) is 0 Å². The lowest BCUT2D eigenvalue weighted by molar-refractivity contribution is -0.137. The van der Waals surface area contributed by atoms with E-state index in [1.807, 2.05) is 30.3 Å². The normalized spacial score (nSPS) is 10.4. The summed E-state index contributed by atoms with van der Waals surface area (Å²) in [6.45, 7) is 4.21. The molecule has 0 aliphatic carbocycles. The number of esters is 1. The van der Waals surface area contributed by atoms with E-state index in [4.69, 9.17) is 4.74 Å². The number of hydrogen-bond donors (Lipinski definition) is 0. The first-order chi connectivity index (χ1) is 8.77. The van der Waals surface area contributed by atoms with E-state index in [1.165, 1.54) is 0 Å². The lowest BCUT2D eigenvalue weighted by atomic mass is 10.1. The van der Waals surface area contributed by atoms with E-state index in [9.17, 15) is 4.79 Å². The second-order valence-corrected chi connectivity index (χ2v) is 3.74. The highest BCUT2D eigenvalue weighted by atomic mass is 16.5. The van der Waals surface area contributed by atoms with E-state index >= 15 is 0 Å². The van der Waals surface area contributed by atoms with Crippen LogP contribution >= 0.6 is 0 Å². The van der Waals surface area contributed by atoms with Gasteiger partial charge in [0.15, 0.2) is 0 Å². The zero-order valence-electron chi connectivity index (χ0n) is 10.9. The first kappa shape index (κ1) is 14.1. The van der Waals surface area contributed by atoms with Crippen LogP contribution in [0.25, 0.3) is 6.08 Å². The third kappa shape index (κ3) is 4.88. The minimum atomic E-state index is -0.357. The molecule has 0 atom stereocenters. The van der Waals surface area contributed by atoms with Crippen LogP contribution in [0.15, 0.2) is 35.9 Å². The van der Waals surface area contributed by atoms with Gasteiger partial charge in [-0.15, -0.1) is 0 Å². The van der Waals surface area contributed by atoms with Crippen molar-refractivity contribution in [3.8, 4) is 11.8 Å². The predicted molar refractivity (Wildman–Crippen MR) is 73.7 cm³/mol. The average molecular weight is 242 g/mol. The van der Waals surface area contributed by atoms with Crippen molar-refractivity contribution in [2.24, 2.45) is 0 Å². The fourth-order valence-electron chi connectivity index (χ4n) is 1.35. The van der Waals surface area contributed by atoms with Crippen LogP contribution in [0.5, 0.6) is 0 Å². The second-order valence-electron chi connectivity index (χ2n) is 3.74. The third-order valence-electron chi connectivity index (χ3n) is 2.20. The highest BCUT2D eigenvalue weighted by molar-refractivity contribution is 5.98. The van der Waals surface area contributed by atoms with Crippen molar-refractivity contribution in [1.29, 1.82) is 0 Å². The number of carbonyl (C=O) groups is 1. The molecule has 2 heteroatoms. The van der Waals surface area contributed by atoms with Crippen LogP contribution in [0.2, 0.25) is 0 Å². The smallest absolute Gasteiger partial charge is 0.346 e. The number of hydrogen-bond acceptors (Lipinski definition) is 2. The zero-order chi connectivity index (χ0) is 13.2. The van der Waals surface area contributed by atoms with Crippen molar-refractivity contribution >= 4 is 12.0 Å². The number of unbranched alkanes of at least 4 members (excludes halogenated alkanes) is 1. The third-order valence-corrected chi connectivity index (χ3v) is 2.20. The molecule has 0 aliphatic heterocycles. The van der Waals surface area contributed by atoms with E-state index in [0.29, 0.717) is 12.2 Å². The van der Waals surface area contributed by atoms with Crippen molar-refractivity contribution in [3.05, 3.63) is 41.5 Å². The fraction of sp³-hybridized carbons (Fsp3) is 0.312. The SMILES string of the molecule is CCCC#CC(=Cc1ccccc1)C(=O)OCC. The highest BCUT2D eigenvalue weighted by Crippen LogP contribution is 2.07. The van der Waals surface area contributed by atoms with Gasteiger partial charge in [0.2, 0.25) is 0 Å². The maximum atomic E-state index is 11.7. The number of carbonyl (C=O) groups excluding carboxylic acids is 1. The average Bonchev–Trinajstić information content (AvgIpc) is 2.39. The monoisotopic (exact) mass is 242 g/mol. The molecule has 0 spiro atoms. The Morgan fingerprint density at radius 2 is 2.00 bits per heavy atom. The molecule has 0 unspecified atom stereocenters. The molecule has 0 aromatic heterocycles. The van der Waals surface area contributed by atoms with Crippen molar-refractivity contribution in [2.45, 2.75) is 26.7 Å². The minimum Gasteiger partial charge on any atom is -0.462 e. The zero-order valence-corrected chi connectivity index (χ0v) is 10.9. The molecule has 94 valence electrons. The van der Waals surface area contributed by atoms with Gasteiger partial charge in [0.1, 0.15) is 5.57 Å². The molecule has 1 aromatic carbocycles. The summed E-state index contributed by atoms with van der Waals surface area (Å²) >= 11 is 0. The number of ether oxygens (including phenoxy) is 1. The summed E-state index contributed by atoms with van der Waals surface area (Å²) in [6, 6.07) is 9.65. The molecule has 0 saturated carbocycles. The summed E-state index contributed by atoms with van der Waals surface area (Å²) in [5.74, 6) is 5.51. The van der Waals surface area contributed by atoms with E-state index in [2.05, 4.69) is 18.8 Å². The predicted octanol–water partition coefficient (Wildman–Crippen LogP) is 3.44. The van der Waals surface area contributed by atoms with E-state index < -0.39 is 0 Å². The Kier molecular flexibility index (Phi) is 6.35. The quantitative estimate of drug-likeness (QED) is 0.459. The molecule has 0 aliphatic rings. The lowest BCUT2D eigenvalue weighted by Gasteiger charge is -2.01. The van der Waals surface area contributed by atoms with Gasteiger partial charge in [-0.05, 0) is 25.0 Å². The molecule has 0 fully saturated rings. The van der Waals surface area contributed by atoms with Gasteiger partial charge in [0.05, 0.1) is 6.61 Å². The van der Waals surface area contributed by atoms with E-state index in [1.54, 1.807) is 13.0 Å². The first-order valence-electron chi connectivity index (χ1n) is 6.20. The topological polar surface area (TPSA) is 26.3 Å². The maximum Gasteiger partial charge on any atom is 0.346 e. The van der Waals surface area contributed by atoms with Crippen LogP contribution in [0.1, 0.15) is 32.3 Å². The second kappa shape index (κ2) is 8.14. The van der Waals surface area contributed by atoms with Gasteiger partial charge >= 0.3 is 5.97 Å². The Labute approximate surface area is 109 Å². The first-order valence-corrected chi connectivity index (χ1v) is 6.20. The molecule has 1 rings (SSSR count). The van der Waals surface area contributed by atoms with Crippen LogP contribution in [0, 0.1) is 11.8 Å². The molecule has 0 amide bonds. The molecule has 0 radical (unpaired) electrons. The number of benzene rings is 1. The minimum absolute atomic E-state index is 0.357. The van der Waals surface area contributed by atoms with Gasteiger partial charge < -0.3 is 4.74 Å². The Bertz CT molecular complexity index is 461. The van der Waals surface area contributed by atoms with Crippen LogP contribution in [-0.4, -0.2) is 12.6 Å². The Morgan fingerprint density at radius 1 is 1.28 bits per heavy atom. The lowest BCUT2D eigenvalue weighted by Crippen LogP contribution is -2.06. The molecule has 0 heterocycles. The number of rotatable bonds is 4. The van der Waals surface area contributed by atoms with Gasteiger partial charge in [-0.25, -0.2) is 4.79 Å². The van der Waals surface area contributed by atoms with Crippen LogP contribution < -0.4 is 0 Å². The van der Waals surface area contributed by atoms with Gasteiger partial charge in [-0.3, -0.25) is 0 Å². The molecule has 2 nitrogen and oxygen atoms in total. The van der Waals surface area contributed by atoms with Crippen LogP contribution in [0.4, 0.5) is 0 Å². The van der Waals surface area contributed by atoms with E-state index in [-0.39, 0.29) is 5.97 Å². The molecule has 18 heavy (non-hydrogen) atoms. The van der Waals surface area contributed by atoms with Gasteiger partial charge in [-0.1, -0.05) is 49.1 Å². The Hall–Kier alpha value is -2.01. The summed E-state index contributed by atoms with van der Waals surface area (Å²) in [6.07, 6.45) is 3.53. The molecular formula is C16H18O2. The molecule has 0 saturated heterocycles. The summed E-state index contributed by atoms with van der Waals surface area (Å²) in [7, 11) is 0. The summed E-state index contributed by atoms with van der Waals surface area (Å²) in [5, 5.41) is 0. The van der Waals surface area contributed by atoms with Crippen LogP contribution in [0.3, 0.4) is 0 Å². The van der Waals surface area contributed by atoms with Crippen LogP contribution in [-0.2, 0) is 9.53 Å². The van der Waals surface area contributed by atoms with Crippen molar-refractivity contribution in [3.63, 3.8) is 0 Å². The summed E-state index contributed by atoms with van der Waals surface area (Å²) in [5.41, 5.74) is 1.36. The largest absolute Gasteiger partial charge is 0.462 e. The Balaban J connectivity index is 2.94. The molecular weight excluding hydrogens is 224 g/mol. The Morgan fingerprint density at radius 3 is 2.61 bits per heavy atom. The molecule has 1 aromatic rings. The standard InChI is InChI=1S/C16H18O2/c1-3-5-7-12-15(16(17)18-4-2)13-14-10-8-6-9-11-14/h6,8-11,13H,3-5H2,1-2H3. The highest BCUT2D eigenvalue weighted by Gasteiger charge is 2.07. The van der Waals surface area contributed by atoms with Gasteiger partial charge in [0.25, 0.3) is 0 Å². The molecule has 0 bridgehead atoms. The maximum absolute atomic E-state index is 11.7. The van der Waals surface area contributed by atoms with Crippen molar-refractivity contribution in [2.75, 3.05) is 6.61 Å². The van der Waals surface area contributed by atoms with Crippen molar-refractivity contribution < 1.29 is 9.53 Å². The molecule has 0 N–H and O–H groups in total. The van der Waals surface area contributed by atoms with Gasteiger partial charge in [0, 0.05) is 6.42 Å².